The molecule has 21 heavy (non-hydrogen) atoms. The molecule has 0 aliphatic rings. The van der Waals surface area contributed by atoms with Gasteiger partial charge in [-0.2, -0.15) is 0 Å². The number of aryl methyl sites for hydroxylation is 1. The van der Waals surface area contributed by atoms with Crippen molar-refractivity contribution in [1.29, 1.82) is 0 Å². The molecular formula is C17H29O3P. The second-order valence-corrected chi connectivity index (χ2v) is 9.25. The lowest BCUT2D eigenvalue weighted by Gasteiger charge is -2.32. The molecule has 3 nitrogen and oxygen atoms in total. The maximum Gasteiger partial charge on any atom is 0.336 e. The second-order valence-electron chi connectivity index (χ2n) is 7.35. The van der Waals surface area contributed by atoms with E-state index in [0.29, 0.717) is 6.16 Å². The molecule has 0 fully saturated rings. The van der Waals surface area contributed by atoms with Crippen LogP contribution in [0, 0.1) is 0 Å². The number of hydrogen-bond donors (Lipinski definition) is 0. The van der Waals surface area contributed by atoms with Gasteiger partial charge in [0.2, 0.25) is 0 Å². The lowest BCUT2D eigenvalue weighted by molar-refractivity contribution is 0.0485. The van der Waals surface area contributed by atoms with Crippen LogP contribution in [-0.4, -0.2) is 11.2 Å². The number of hydrogen-bond acceptors (Lipinski definition) is 3. The smallest absolute Gasteiger partial charge is 0.303 e. The molecule has 0 saturated heterocycles. The maximum atomic E-state index is 13.1. The first-order valence-electron chi connectivity index (χ1n) is 7.51. The monoisotopic (exact) mass is 312 g/mol. The summed E-state index contributed by atoms with van der Waals surface area (Å²) in [6.45, 7) is 13.5. The molecule has 0 saturated carbocycles. The fourth-order valence-electron chi connectivity index (χ4n) is 2.02. The molecule has 120 valence electrons. The van der Waals surface area contributed by atoms with Gasteiger partial charge in [-0.25, -0.2) is 0 Å². The van der Waals surface area contributed by atoms with E-state index in [-0.39, 0.29) is 0 Å². The third-order valence-electron chi connectivity index (χ3n) is 2.63. The van der Waals surface area contributed by atoms with Gasteiger partial charge in [-0.1, -0.05) is 31.2 Å². The zero-order valence-corrected chi connectivity index (χ0v) is 15.3. The third-order valence-corrected chi connectivity index (χ3v) is 5.04. The highest BCUT2D eigenvalue weighted by atomic mass is 31.2. The lowest BCUT2D eigenvalue weighted by atomic mass is 10.1. The quantitative estimate of drug-likeness (QED) is 0.666. The summed E-state index contributed by atoms with van der Waals surface area (Å²) in [7, 11) is -3.21. The van der Waals surface area contributed by atoms with Crippen LogP contribution in [0.3, 0.4) is 0 Å². The first-order valence-corrected chi connectivity index (χ1v) is 9.24. The minimum absolute atomic E-state index is 0.297. The van der Waals surface area contributed by atoms with E-state index in [9.17, 15) is 4.57 Å². The van der Waals surface area contributed by atoms with Crippen molar-refractivity contribution in [3.63, 3.8) is 0 Å². The fourth-order valence-corrected chi connectivity index (χ4v) is 4.52. The molecule has 0 heterocycles. The molecule has 0 aliphatic heterocycles. The summed E-state index contributed by atoms with van der Waals surface area (Å²) in [6, 6.07) is 8.13. The Morgan fingerprint density at radius 3 is 1.57 bits per heavy atom. The summed E-state index contributed by atoms with van der Waals surface area (Å²) in [4.78, 5) is 0. The molecule has 0 N–H and O–H groups in total. The molecule has 0 radical (unpaired) electrons. The van der Waals surface area contributed by atoms with Gasteiger partial charge >= 0.3 is 7.60 Å². The molecular weight excluding hydrogens is 283 g/mol. The van der Waals surface area contributed by atoms with Crippen molar-refractivity contribution in [2.75, 3.05) is 0 Å². The standard InChI is InChI=1S/C17H29O3P/c1-8-14-9-11-15(12-10-14)13-21(18,19-16(2,3)4)20-17(5,6)7/h9-12H,8,13H2,1-7H3. The Bertz CT molecular complexity index is 472. The van der Waals surface area contributed by atoms with Crippen LogP contribution >= 0.6 is 7.60 Å². The van der Waals surface area contributed by atoms with Gasteiger partial charge in [0.25, 0.3) is 0 Å². The second kappa shape index (κ2) is 6.64. The van der Waals surface area contributed by atoms with E-state index in [1.165, 1.54) is 5.56 Å². The molecule has 4 heteroatoms. The van der Waals surface area contributed by atoms with Crippen molar-refractivity contribution in [3.05, 3.63) is 35.4 Å². The molecule has 0 amide bonds. The zero-order valence-electron chi connectivity index (χ0n) is 14.4. The predicted octanol–water partition coefficient (Wildman–Crippen LogP) is 5.57. The lowest BCUT2D eigenvalue weighted by Crippen LogP contribution is -2.24. The molecule has 1 aromatic carbocycles. The topological polar surface area (TPSA) is 35.5 Å². The summed E-state index contributed by atoms with van der Waals surface area (Å²) in [5, 5.41) is 0. The Kier molecular flexibility index (Phi) is 5.83. The first kappa shape index (κ1) is 18.4. The molecule has 0 unspecified atom stereocenters. The summed E-state index contributed by atoms with van der Waals surface area (Å²) in [5.41, 5.74) is 1.22. The summed E-state index contributed by atoms with van der Waals surface area (Å²) in [6.07, 6.45) is 1.29. The average Bonchev–Trinajstić information content (AvgIpc) is 2.24. The largest absolute Gasteiger partial charge is 0.336 e. The SMILES string of the molecule is CCc1ccc(CP(=O)(OC(C)(C)C)OC(C)(C)C)cc1. The summed E-state index contributed by atoms with van der Waals surface area (Å²) in [5.74, 6) is 0. The molecule has 1 aromatic rings. The van der Waals surface area contributed by atoms with Gasteiger partial charge in [-0.15, -0.1) is 0 Å². The zero-order chi connectivity index (χ0) is 16.3. The van der Waals surface area contributed by atoms with Gasteiger partial charge in [0, 0.05) is 0 Å². The minimum Gasteiger partial charge on any atom is -0.303 e. The van der Waals surface area contributed by atoms with Gasteiger partial charge < -0.3 is 9.05 Å². The molecule has 0 atom stereocenters. The molecule has 0 aromatic heterocycles. The van der Waals surface area contributed by atoms with Gasteiger partial charge in [-0.3, -0.25) is 4.57 Å². The van der Waals surface area contributed by atoms with E-state index in [2.05, 4.69) is 19.1 Å². The maximum absolute atomic E-state index is 13.1. The Hall–Kier alpha value is -0.630. The van der Waals surface area contributed by atoms with E-state index in [0.717, 1.165) is 12.0 Å². The Morgan fingerprint density at radius 1 is 0.857 bits per heavy atom. The number of rotatable bonds is 5. The summed E-state index contributed by atoms with van der Waals surface area (Å²) >= 11 is 0. The van der Waals surface area contributed by atoms with Crippen molar-refractivity contribution in [2.24, 2.45) is 0 Å². The van der Waals surface area contributed by atoms with Crippen LogP contribution < -0.4 is 0 Å². The normalized spacial score (nSPS) is 13.5. The van der Waals surface area contributed by atoms with Crippen molar-refractivity contribution in [3.8, 4) is 0 Å². The molecule has 1 rings (SSSR count). The van der Waals surface area contributed by atoms with E-state index < -0.39 is 18.8 Å². The molecule has 0 bridgehead atoms. The van der Waals surface area contributed by atoms with Crippen LogP contribution in [-0.2, 0) is 26.2 Å². The van der Waals surface area contributed by atoms with Crippen LogP contribution in [0.4, 0.5) is 0 Å². The van der Waals surface area contributed by atoms with Crippen LogP contribution in [0.5, 0.6) is 0 Å². The predicted molar refractivity (Wildman–Crippen MR) is 88.8 cm³/mol. The van der Waals surface area contributed by atoms with Crippen LogP contribution in [0.1, 0.15) is 59.6 Å². The minimum atomic E-state index is -3.21. The van der Waals surface area contributed by atoms with Gasteiger partial charge in [0.15, 0.2) is 0 Å². The first-order chi connectivity index (χ1) is 9.42. The average molecular weight is 312 g/mol. The van der Waals surface area contributed by atoms with Crippen LogP contribution in [0.25, 0.3) is 0 Å². The number of benzene rings is 1. The van der Waals surface area contributed by atoms with Crippen LogP contribution in [0.2, 0.25) is 0 Å². The van der Waals surface area contributed by atoms with Gasteiger partial charge in [-0.05, 0) is 59.1 Å². The van der Waals surface area contributed by atoms with E-state index in [1.54, 1.807) is 0 Å². The highest BCUT2D eigenvalue weighted by molar-refractivity contribution is 7.53. The van der Waals surface area contributed by atoms with Crippen molar-refractivity contribution < 1.29 is 13.6 Å². The Balaban J connectivity index is 2.98. The molecule has 0 aliphatic carbocycles. The van der Waals surface area contributed by atoms with Crippen LogP contribution in [0.15, 0.2) is 24.3 Å². The van der Waals surface area contributed by atoms with Crippen molar-refractivity contribution in [2.45, 2.75) is 72.3 Å². The van der Waals surface area contributed by atoms with Gasteiger partial charge in [0.05, 0.1) is 17.4 Å². The van der Waals surface area contributed by atoms with E-state index in [1.807, 2.05) is 53.7 Å². The highest BCUT2D eigenvalue weighted by Crippen LogP contribution is 2.56. The fraction of sp³-hybridized carbons (Fsp3) is 0.647. The molecule has 0 spiro atoms. The Morgan fingerprint density at radius 2 is 1.24 bits per heavy atom. The van der Waals surface area contributed by atoms with E-state index >= 15 is 0 Å². The Labute approximate surface area is 129 Å². The summed E-state index contributed by atoms with van der Waals surface area (Å²) < 4.78 is 24.7. The highest BCUT2D eigenvalue weighted by Gasteiger charge is 2.35. The van der Waals surface area contributed by atoms with Crippen molar-refractivity contribution in [1.82, 2.24) is 0 Å². The third kappa shape index (κ3) is 7.26. The van der Waals surface area contributed by atoms with Crippen molar-refractivity contribution >= 4 is 7.60 Å². The van der Waals surface area contributed by atoms with Gasteiger partial charge in [0.1, 0.15) is 0 Å². The van der Waals surface area contributed by atoms with E-state index in [4.69, 9.17) is 9.05 Å².